The van der Waals surface area contributed by atoms with Crippen LogP contribution in [0.2, 0.25) is 0 Å². The quantitative estimate of drug-likeness (QED) is 0.795. The zero-order valence-electron chi connectivity index (χ0n) is 8.45. The van der Waals surface area contributed by atoms with E-state index in [9.17, 15) is 9.90 Å². The summed E-state index contributed by atoms with van der Waals surface area (Å²) in [5.41, 5.74) is 0.576. The van der Waals surface area contributed by atoms with E-state index < -0.39 is 0 Å². The number of aromatic hydroxyl groups is 1. The summed E-state index contributed by atoms with van der Waals surface area (Å²) in [7, 11) is 0. The zero-order chi connectivity index (χ0) is 10.8. The van der Waals surface area contributed by atoms with Crippen molar-refractivity contribution in [1.29, 1.82) is 0 Å². The van der Waals surface area contributed by atoms with E-state index in [4.69, 9.17) is 9.47 Å². The maximum absolute atomic E-state index is 11.0. The number of phenolic OH excluding ortho intramolecular Hbond substituents is 1. The predicted octanol–water partition coefficient (Wildman–Crippen LogP) is 1.29. The molecule has 1 aliphatic rings. The van der Waals surface area contributed by atoms with Crippen molar-refractivity contribution in [2.75, 3.05) is 13.2 Å². The fraction of sp³-hybridized carbons (Fsp3) is 0.364. The third kappa shape index (κ3) is 1.88. The van der Waals surface area contributed by atoms with E-state index in [0.29, 0.717) is 30.3 Å². The summed E-state index contributed by atoms with van der Waals surface area (Å²) in [6.45, 7) is 2.39. The summed E-state index contributed by atoms with van der Waals surface area (Å²) in [6, 6.07) is 3.40. The third-order valence-corrected chi connectivity index (χ3v) is 2.21. The zero-order valence-corrected chi connectivity index (χ0v) is 8.45. The minimum absolute atomic E-state index is 0.00183. The van der Waals surface area contributed by atoms with Gasteiger partial charge in [0.15, 0.2) is 11.5 Å². The summed E-state index contributed by atoms with van der Waals surface area (Å²) in [5.74, 6) is 0.899. The van der Waals surface area contributed by atoms with Crippen LogP contribution in [-0.2, 0) is 11.2 Å². The second-order valence-electron chi connectivity index (χ2n) is 3.48. The molecule has 2 rings (SSSR count). The number of phenols is 1. The monoisotopic (exact) mass is 208 g/mol. The molecule has 0 fully saturated rings. The van der Waals surface area contributed by atoms with Crippen molar-refractivity contribution >= 4 is 5.78 Å². The highest BCUT2D eigenvalue weighted by Gasteiger charge is 2.19. The van der Waals surface area contributed by atoms with Crippen molar-refractivity contribution in [3.63, 3.8) is 0 Å². The first-order valence-electron chi connectivity index (χ1n) is 4.78. The number of carbonyl (C=O) groups excluding carboxylic acids is 1. The number of benzene rings is 1. The minimum Gasteiger partial charge on any atom is -0.504 e. The molecule has 1 heterocycles. The fourth-order valence-electron chi connectivity index (χ4n) is 1.55. The summed E-state index contributed by atoms with van der Waals surface area (Å²) in [5, 5.41) is 9.83. The highest BCUT2D eigenvalue weighted by molar-refractivity contribution is 5.79. The topological polar surface area (TPSA) is 55.8 Å². The maximum Gasteiger partial charge on any atom is 0.203 e. The van der Waals surface area contributed by atoms with E-state index in [1.165, 1.54) is 6.92 Å². The largest absolute Gasteiger partial charge is 0.504 e. The number of fused-ring (bicyclic) bond motifs is 1. The number of carbonyl (C=O) groups is 1. The summed E-state index contributed by atoms with van der Waals surface area (Å²) >= 11 is 0. The number of hydrogen-bond donors (Lipinski definition) is 1. The van der Waals surface area contributed by atoms with Gasteiger partial charge < -0.3 is 14.6 Å². The van der Waals surface area contributed by atoms with Crippen LogP contribution >= 0.6 is 0 Å². The highest BCUT2D eigenvalue weighted by atomic mass is 16.6. The molecule has 4 nitrogen and oxygen atoms in total. The molecule has 0 aromatic heterocycles. The Morgan fingerprint density at radius 2 is 2.13 bits per heavy atom. The molecule has 80 valence electrons. The Balaban J connectivity index is 2.38. The van der Waals surface area contributed by atoms with Gasteiger partial charge in [0.1, 0.15) is 19.0 Å². The van der Waals surface area contributed by atoms with Crippen molar-refractivity contribution in [3.05, 3.63) is 17.7 Å². The van der Waals surface area contributed by atoms with Crippen LogP contribution in [0.25, 0.3) is 0 Å². The van der Waals surface area contributed by atoms with Gasteiger partial charge in [-0.3, -0.25) is 4.79 Å². The number of hydrogen-bond acceptors (Lipinski definition) is 4. The number of ketones is 1. The highest BCUT2D eigenvalue weighted by Crippen LogP contribution is 2.40. The number of Topliss-reactive ketones (excluding diaryl/α,β-unsaturated/α-hetero) is 1. The first kappa shape index (κ1) is 9.83. The molecule has 0 atom stereocenters. The van der Waals surface area contributed by atoms with Gasteiger partial charge in [0, 0.05) is 12.0 Å². The Labute approximate surface area is 87.4 Å². The number of rotatable bonds is 2. The van der Waals surface area contributed by atoms with Crippen LogP contribution in [0.5, 0.6) is 17.2 Å². The Hall–Kier alpha value is -1.71. The van der Waals surface area contributed by atoms with Gasteiger partial charge in [-0.2, -0.15) is 0 Å². The number of ether oxygens (including phenoxy) is 2. The van der Waals surface area contributed by atoms with Gasteiger partial charge >= 0.3 is 0 Å². The molecule has 1 aromatic carbocycles. The summed E-state index contributed by atoms with van der Waals surface area (Å²) < 4.78 is 10.6. The van der Waals surface area contributed by atoms with Crippen LogP contribution in [0.1, 0.15) is 12.5 Å². The second-order valence-corrected chi connectivity index (χ2v) is 3.48. The average Bonchev–Trinajstić information content (AvgIpc) is 2.22. The lowest BCUT2D eigenvalue weighted by Gasteiger charge is -2.20. The lowest BCUT2D eigenvalue weighted by atomic mass is 10.1. The van der Waals surface area contributed by atoms with E-state index in [2.05, 4.69) is 0 Å². The fourth-order valence-corrected chi connectivity index (χ4v) is 1.55. The third-order valence-electron chi connectivity index (χ3n) is 2.21. The summed E-state index contributed by atoms with van der Waals surface area (Å²) in [6.07, 6.45) is 0.211. The molecule has 1 aliphatic heterocycles. The molecule has 0 bridgehead atoms. The molecular weight excluding hydrogens is 196 g/mol. The van der Waals surface area contributed by atoms with E-state index in [1.54, 1.807) is 12.1 Å². The van der Waals surface area contributed by atoms with Crippen LogP contribution in [0, 0.1) is 0 Å². The molecule has 0 spiro atoms. The lowest BCUT2D eigenvalue weighted by molar-refractivity contribution is -0.116. The van der Waals surface area contributed by atoms with Gasteiger partial charge in [0.2, 0.25) is 5.75 Å². The van der Waals surface area contributed by atoms with Crippen molar-refractivity contribution < 1.29 is 19.4 Å². The first-order valence-corrected chi connectivity index (χ1v) is 4.78. The molecule has 0 saturated carbocycles. The molecule has 15 heavy (non-hydrogen) atoms. The van der Waals surface area contributed by atoms with Gasteiger partial charge in [-0.1, -0.05) is 6.07 Å². The molecule has 0 aliphatic carbocycles. The molecule has 4 heteroatoms. The molecular formula is C11H12O4. The van der Waals surface area contributed by atoms with E-state index in [0.717, 1.165) is 0 Å². The van der Waals surface area contributed by atoms with Crippen molar-refractivity contribution in [3.8, 4) is 17.2 Å². The van der Waals surface area contributed by atoms with E-state index >= 15 is 0 Å². The van der Waals surface area contributed by atoms with Gasteiger partial charge in [0.25, 0.3) is 0 Å². The standard InChI is InChI=1S/C11H12O4/c1-7(12)6-8-2-3-9-11(10(8)13)15-5-4-14-9/h2-3,13H,4-6H2,1H3. The summed E-state index contributed by atoms with van der Waals surface area (Å²) in [4.78, 5) is 11.0. The van der Waals surface area contributed by atoms with Crippen molar-refractivity contribution in [2.45, 2.75) is 13.3 Å². The van der Waals surface area contributed by atoms with Gasteiger partial charge in [-0.15, -0.1) is 0 Å². The Morgan fingerprint density at radius 1 is 1.40 bits per heavy atom. The predicted molar refractivity (Wildman–Crippen MR) is 53.5 cm³/mol. The van der Waals surface area contributed by atoms with Gasteiger partial charge in [0.05, 0.1) is 0 Å². The van der Waals surface area contributed by atoms with Crippen molar-refractivity contribution in [2.24, 2.45) is 0 Å². The van der Waals surface area contributed by atoms with Crippen LogP contribution in [0.4, 0.5) is 0 Å². The molecule has 1 aromatic rings. The average molecular weight is 208 g/mol. The molecule has 0 radical (unpaired) electrons. The minimum atomic E-state index is 0.00183. The maximum atomic E-state index is 11.0. The van der Waals surface area contributed by atoms with E-state index in [-0.39, 0.29) is 18.0 Å². The van der Waals surface area contributed by atoms with E-state index in [1.807, 2.05) is 0 Å². The van der Waals surface area contributed by atoms with Crippen LogP contribution in [0.3, 0.4) is 0 Å². The first-order chi connectivity index (χ1) is 7.18. The van der Waals surface area contributed by atoms with Crippen LogP contribution < -0.4 is 9.47 Å². The molecule has 0 saturated heterocycles. The van der Waals surface area contributed by atoms with Crippen LogP contribution in [0.15, 0.2) is 12.1 Å². The second kappa shape index (κ2) is 3.81. The molecule has 0 unspecified atom stereocenters. The normalized spacial score (nSPS) is 13.7. The lowest BCUT2D eigenvalue weighted by Crippen LogP contribution is -2.15. The SMILES string of the molecule is CC(=O)Cc1ccc2c(c1O)OCCO2. The van der Waals surface area contributed by atoms with Gasteiger partial charge in [-0.25, -0.2) is 0 Å². The van der Waals surface area contributed by atoms with Crippen molar-refractivity contribution in [1.82, 2.24) is 0 Å². The molecule has 0 amide bonds. The van der Waals surface area contributed by atoms with Crippen LogP contribution in [-0.4, -0.2) is 24.1 Å². The van der Waals surface area contributed by atoms with Gasteiger partial charge in [-0.05, 0) is 13.0 Å². The smallest absolute Gasteiger partial charge is 0.203 e. The Bertz CT molecular complexity index is 398. The molecule has 1 N–H and O–H groups in total. The Morgan fingerprint density at radius 3 is 2.87 bits per heavy atom. The Kier molecular flexibility index (Phi) is 2.49.